The molecule has 1 aromatic rings. The van der Waals surface area contributed by atoms with Gasteiger partial charge in [0.25, 0.3) is 0 Å². The summed E-state index contributed by atoms with van der Waals surface area (Å²) in [7, 11) is -3.28. The predicted molar refractivity (Wildman–Crippen MR) is 80.5 cm³/mol. The van der Waals surface area contributed by atoms with Gasteiger partial charge in [0.1, 0.15) is 11.6 Å². The first-order valence-corrected chi connectivity index (χ1v) is 9.18. The Morgan fingerprint density at radius 2 is 1.14 bits per heavy atom. The summed E-state index contributed by atoms with van der Waals surface area (Å²) in [4.78, 5) is 0. The van der Waals surface area contributed by atoms with Crippen LogP contribution in [0.4, 0.5) is 8.78 Å². The van der Waals surface area contributed by atoms with Gasteiger partial charge in [-0.05, 0) is 31.4 Å². The predicted octanol–water partition coefficient (Wildman–Crippen LogP) is 3.39. The van der Waals surface area contributed by atoms with Gasteiger partial charge in [0.05, 0.1) is 0 Å². The molecule has 0 spiro atoms. The second-order valence-corrected chi connectivity index (χ2v) is 7.32. The van der Waals surface area contributed by atoms with Crippen LogP contribution in [0.5, 0.6) is 0 Å². The van der Waals surface area contributed by atoms with Crippen molar-refractivity contribution in [3.05, 3.63) is 29.8 Å². The molecule has 6 heteroatoms. The smallest absolute Gasteiger partial charge is 0.370 e. The standard InChI is InChI=1S/C15H24F2O3Si/c1-4-7-18-21(19-8-5-2,20-9-6-3)15-11-13(16)10-14(17)12-15/h10-12H,4-9H2,1-3H3. The summed E-state index contributed by atoms with van der Waals surface area (Å²) in [6, 6.07) is 3.33. The fourth-order valence-electron chi connectivity index (χ4n) is 1.81. The molecular formula is C15H24F2O3Si. The van der Waals surface area contributed by atoms with Crippen molar-refractivity contribution in [2.24, 2.45) is 0 Å². The second kappa shape index (κ2) is 9.25. The Hall–Kier alpha value is -0.823. The van der Waals surface area contributed by atoms with E-state index in [9.17, 15) is 8.78 Å². The zero-order valence-corrected chi connectivity index (χ0v) is 14.0. The van der Waals surface area contributed by atoms with Gasteiger partial charge in [-0.3, -0.25) is 0 Å². The number of benzene rings is 1. The molecule has 0 aromatic heterocycles. The molecule has 1 aromatic carbocycles. The largest absolute Gasteiger partial charge is 0.537 e. The minimum Gasteiger partial charge on any atom is -0.370 e. The molecule has 0 unspecified atom stereocenters. The van der Waals surface area contributed by atoms with Crippen LogP contribution in [-0.4, -0.2) is 28.6 Å². The zero-order valence-electron chi connectivity index (χ0n) is 13.0. The summed E-state index contributed by atoms with van der Waals surface area (Å²) in [5, 5.41) is 0.343. The van der Waals surface area contributed by atoms with Gasteiger partial charge in [0, 0.05) is 31.1 Å². The van der Waals surface area contributed by atoms with Gasteiger partial charge in [-0.2, -0.15) is 0 Å². The number of hydrogen-bond donors (Lipinski definition) is 0. The molecule has 0 N–H and O–H groups in total. The maximum atomic E-state index is 13.5. The second-order valence-electron chi connectivity index (χ2n) is 4.76. The third-order valence-corrected chi connectivity index (χ3v) is 5.45. The molecule has 0 bridgehead atoms. The summed E-state index contributed by atoms with van der Waals surface area (Å²) < 4.78 is 44.6. The number of halogens is 2. The van der Waals surface area contributed by atoms with E-state index >= 15 is 0 Å². The van der Waals surface area contributed by atoms with Gasteiger partial charge in [-0.25, -0.2) is 8.78 Å². The molecule has 0 aliphatic rings. The normalized spacial score (nSPS) is 11.9. The lowest BCUT2D eigenvalue weighted by atomic mass is 10.3. The topological polar surface area (TPSA) is 27.7 Å². The molecule has 21 heavy (non-hydrogen) atoms. The first-order chi connectivity index (χ1) is 10.1. The first-order valence-electron chi connectivity index (χ1n) is 7.46. The zero-order chi connectivity index (χ0) is 15.7. The van der Waals surface area contributed by atoms with Gasteiger partial charge in [-0.1, -0.05) is 20.8 Å². The molecule has 0 atom stereocenters. The van der Waals surface area contributed by atoms with E-state index in [1.807, 2.05) is 20.8 Å². The molecule has 0 aliphatic carbocycles. The Balaban J connectivity index is 3.15. The SMILES string of the molecule is CCCO[Si](OCCC)(OCCC)c1cc(F)cc(F)c1. The lowest BCUT2D eigenvalue weighted by molar-refractivity contribution is 0.0730. The molecule has 0 saturated carbocycles. The number of hydrogen-bond acceptors (Lipinski definition) is 3. The molecule has 0 radical (unpaired) electrons. The van der Waals surface area contributed by atoms with Crippen LogP contribution < -0.4 is 5.19 Å². The minimum atomic E-state index is -3.28. The molecule has 1 rings (SSSR count). The van der Waals surface area contributed by atoms with E-state index in [1.165, 1.54) is 12.1 Å². The minimum absolute atomic E-state index is 0.343. The van der Waals surface area contributed by atoms with Crippen LogP contribution in [0.2, 0.25) is 0 Å². The Morgan fingerprint density at radius 1 is 0.762 bits per heavy atom. The van der Waals surface area contributed by atoms with E-state index in [0.717, 1.165) is 25.3 Å². The van der Waals surface area contributed by atoms with Crippen molar-refractivity contribution >= 4 is 14.0 Å². The molecule has 3 nitrogen and oxygen atoms in total. The van der Waals surface area contributed by atoms with E-state index in [2.05, 4.69) is 0 Å². The highest BCUT2D eigenvalue weighted by molar-refractivity contribution is 6.75. The number of rotatable bonds is 10. The third-order valence-electron chi connectivity index (χ3n) is 2.70. The monoisotopic (exact) mass is 318 g/mol. The highest BCUT2D eigenvalue weighted by atomic mass is 28.4. The quantitative estimate of drug-likeness (QED) is 0.619. The summed E-state index contributed by atoms with van der Waals surface area (Å²) in [6.45, 7) is 7.17. The van der Waals surface area contributed by atoms with Crippen LogP contribution in [0, 0.1) is 11.6 Å². The van der Waals surface area contributed by atoms with Gasteiger partial charge in [-0.15, -0.1) is 0 Å². The fourth-order valence-corrected chi connectivity index (χ4v) is 4.61. The molecule has 0 saturated heterocycles. The molecular weight excluding hydrogens is 294 g/mol. The van der Waals surface area contributed by atoms with Crippen LogP contribution in [0.15, 0.2) is 18.2 Å². The Morgan fingerprint density at radius 3 is 1.48 bits per heavy atom. The van der Waals surface area contributed by atoms with Crippen molar-refractivity contribution < 1.29 is 22.1 Å². The third kappa shape index (κ3) is 5.46. The van der Waals surface area contributed by atoms with Crippen molar-refractivity contribution in [3.8, 4) is 0 Å². The maximum absolute atomic E-state index is 13.5. The van der Waals surface area contributed by atoms with Crippen molar-refractivity contribution in [2.45, 2.75) is 40.0 Å². The van der Waals surface area contributed by atoms with Crippen LogP contribution in [-0.2, 0) is 13.3 Å². The lowest BCUT2D eigenvalue weighted by Crippen LogP contribution is -2.57. The Bertz CT molecular complexity index is 387. The van der Waals surface area contributed by atoms with Crippen LogP contribution in [0.25, 0.3) is 0 Å². The van der Waals surface area contributed by atoms with E-state index in [0.29, 0.717) is 25.0 Å². The lowest BCUT2D eigenvalue weighted by Gasteiger charge is -2.29. The van der Waals surface area contributed by atoms with Crippen molar-refractivity contribution in [3.63, 3.8) is 0 Å². The first kappa shape index (κ1) is 18.2. The molecule has 0 heterocycles. The van der Waals surface area contributed by atoms with Gasteiger partial charge >= 0.3 is 8.80 Å². The van der Waals surface area contributed by atoms with E-state index in [4.69, 9.17) is 13.3 Å². The summed E-state index contributed by atoms with van der Waals surface area (Å²) in [5.74, 6) is -1.30. The Labute approximate surface area is 126 Å². The maximum Gasteiger partial charge on any atom is 0.537 e. The van der Waals surface area contributed by atoms with E-state index in [-0.39, 0.29) is 0 Å². The highest BCUT2D eigenvalue weighted by Gasteiger charge is 2.44. The van der Waals surface area contributed by atoms with Gasteiger partial charge in [0.2, 0.25) is 0 Å². The van der Waals surface area contributed by atoms with Crippen molar-refractivity contribution in [1.82, 2.24) is 0 Å². The summed E-state index contributed by atoms with van der Waals surface area (Å²) >= 11 is 0. The van der Waals surface area contributed by atoms with Gasteiger partial charge in [0.15, 0.2) is 0 Å². The average molecular weight is 318 g/mol. The molecule has 0 fully saturated rings. The highest BCUT2D eigenvalue weighted by Crippen LogP contribution is 2.14. The molecule has 0 aliphatic heterocycles. The van der Waals surface area contributed by atoms with Gasteiger partial charge < -0.3 is 13.3 Å². The summed E-state index contributed by atoms with van der Waals surface area (Å²) in [6.07, 6.45) is 2.33. The van der Waals surface area contributed by atoms with E-state index in [1.54, 1.807) is 0 Å². The Kier molecular flexibility index (Phi) is 8.03. The van der Waals surface area contributed by atoms with Crippen LogP contribution >= 0.6 is 0 Å². The van der Waals surface area contributed by atoms with Crippen molar-refractivity contribution in [1.29, 1.82) is 0 Å². The molecule has 120 valence electrons. The average Bonchev–Trinajstić information content (AvgIpc) is 2.46. The fraction of sp³-hybridized carbons (Fsp3) is 0.600. The summed E-state index contributed by atoms with van der Waals surface area (Å²) in [5.41, 5.74) is 0. The van der Waals surface area contributed by atoms with Crippen LogP contribution in [0.3, 0.4) is 0 Å². The molecule has 0 amide bonds. The van der Waals surface area contributed by atoms with Crippen molar-refractivity contribution in [2.75, 3.05) is 19.8 Å². The van der Waals surface area contributed by atoms with E-state index < -0.39 is 20.4 Å². The van der Waals surface area contributed by atoms with Crippen LogP contribution in [0.1, 0.15) is 40.0 Å².